The first-order valence-corrected chi connectivity index (χ1v) is 7.61. The fourth-order valence-corrected chi connectivity index (χ4v) is 3.14. The van der Waals surface area contributed by atoms with Crippen molar-refractivity contribution in [3.63, 3.8) is 0 Å². The SMILES string of the molecule is Cl.NCC(=O)Nc1cccc(CSC2CCOCC2)c1. The van der Waals surface area contributed by atoms with Crippen molar-refractivity contribution < 1.29 is 9.53 Å². The Balaban J connectivity index is 0.00000200. The molecule has 0 unspecified atom stereocenters. The monoisotopic (exact) mass is 316 g/mol. The molecule has 0 aromatic heterocycles. The van der Waals surface area contributed by atoms with E-state index in [0.29, 0.717) is 5.25 Å². The number of nitrogens with two attached hydrogens (primary N) is 1. The summed E-state index contributed by atoms with van der Waals surface area (Å²) in [5.41, 5.74) is 7.33. The van der Waals surface area contributed by atoms with Crippen LogP contribution in [-0.2, 0) is 15.3 Å². The molecule has 0 saturated carbocycles. The smallest absolute Gasteiger partial charge is 0.238 e. The third kappa shape index (κ3) is 5.71. The molecule has 0 atom stereocenters. The third-order valence-electron chi connectivity index (χ3n) is 3.05. The highest BCUT2D eigenvalue weighted by Gasteiger charge is 2.14. The molecule has 0 radical (unpaired) electrons. The summed E-state index contributed by atoms with van der Waals surface area (Å²) >= 11 is 1.97. The van der Waals surface area contributed by atoms with Crippen molar-refractivity contribution in [1.82, 2.24) is 0 Å². The van der Waals surface area contributed by atoms with Crippen molar-refractivity contribution >= 4 is 35.8 Å². The number of carbonyl (C=O) groups excluding carboxylic acids is 1. The molecule has 1 aromatic carbocycles. The summed E-state index contributed by atoms with van der Waals surface area (Å²) in [5, 5.41) is 3.47. The normalized spacial score (nSPS) is 15.4. The van der Waals surface area contributed by atoms with Gasteiger partial charge in [0, 0.05) is 29.9 Å². The maximum atomic E-state index is 11.2. The minimum Gasteiger partial charge on any atom is -0.381 e. The molecule has 0 spiro atoms. The van der Waals surface area contributed by atoms with Gasteiger partial charge in [-0.2, -0.15) is 11.8 Å². The number of hydrogen-bond acceptors (Lipinski definition) is 4. The molecule has 112 valence electrons. The van der Waals surface area contributed by atoms with Gasteiger partial charge < -0.3 is 15.8 Å². The van der Waals surface area contributed by atoms with Crippen LogP contribution in [0, 0.1) is 0 Å². The second-order valence-corrected chi connectivity index (χ2v) is 5.86. The van der Waals surface area contributed by atoms with Crippen LogP contribution in [0.5, 0.6) is 0 Å². The third-order valence-corrected chi connectivity index (χ3v) is 4.49. The van der Waals surface area contributed by atoms with Crippen molar-refractivity contribution in [2.45, 2.75) is 23.8 Å². The Kier molecular flexibility index (Phi) is 7.99. The van der Waals surface area contributed by atoms with E-state index in [9.17, 15) is 4.79 Å². The number of halogens is 1. The molecule has 2 rings (SSSR count). The van der Waals surface area contributed by atoms with Crippen molar-refractivity contribution in [3.05, 3.63) is 29.8 Å². The maximum absolute atomic E-state index is 11.2. The van der Waals surface area contributed by atoms with Crippen LogP contribution in [0.15, 0.2) is 24.3 Å². The fraction of sp³-hybridized carbons (Fsp3) is 0.500. The summed E-state index contributed by atoms with van der Waals surface area (Å²) < 4.78 is 5.35. The summed E-state index contributed by atoms with van der Waals surface area (Å²) in [6.07, 6.45) is 2.27. The molecule has 20 heavy (non-hydrogen) atoms. The first-order valence-electron chi connectivity index (χ1n) is 6.56. The summed E-state index contributed by atoms with van der Waals surface area (Å²) in [7, 11) is 0. The van der Waals surface area contributed by atoms with Crippen LogP contribution in [0.3, 0.4) is 0 Å². The van der Waals surface area contributed by atoms with Gasteiger partial charge in [-0.05, 0) is 30.5 Å². The van der Waals surface area contributed by atoms with E-state index in [2.05, 4.69) is 11.4 Å². The molecule has 4 nitrogen and oxygen atoms in total. The number of anilines is 1. The van der Waals surface area contributed by atoms with Crippen LogP contribution in [-0.4, -0.2) is 30.9 Å². The number of benzene rings is 1. The predicted octanol–water partition coefficient (Wildman–Crippen LogP) is 2.42. The van der Waals surface area contributed by atoms with E-state index in [1.807, 2.05) is 30.0 Å². The van der Waals surface area contributed by atoms with Gasteiger partial charge in [0.25, 0.3) is 0 Å². The van der Waals surface area contributed by atoms with E-state index in [4.69, 9.17) is 10.5 Å². The lowest BCUT2D eigenvalue weighted by molar-refractivity contribution is -0.114. The number of ether oxygens (including phenoxy) is 1. The number of carbonyl (C=O) groups is 1. The molecule has 1 aliphatic heterocycles. The summed E-state index contributed by atoms with van der Waals surface area (Å²) in [6.45, 7) is 1.77. The Morgan fingerprint density at radius 3 is 2.85 bits per heavy atom. The Labute approximate surface area is 130 Å². The molecule has 0 aliphatic carbocycles. The average Bonchev–Trinajstić information content (AvgIpc) is 2.46. The van der Waals surface area contributed by atoms with E-state index < -0.39 is 0 Å². The molecule has 1 heterocycles. The van der Waals surface area contributed by atoms with Gasteiger partial charge in [0.1, 0.15) is 0 Å². The second-order valence-electron chi connectivity index (χ2n) is 4.58. The minimum absolute atomic E-state index is 0. The lowest BCUT2D eigenvalue weighted by Gasteiger charge is -2.21. The lowest BCUT2D eigenvalue weighted by atomic mass is 10.2. The van der Waals surface area contributed by atoms with Gasteiger partial charge in [0.2, 0.25) is 5.91 Å². The molecule has 0 bridgehead atoms. The molecule has 1 saturated heterocycles. The van der Waals surface area contributed by atoms with E-state index in [1.54, 1.807) is 0 Å². The minimum atomic E-state index is -0.158. The standard InChI is InChI=1S/C14H20N2O2S.ClH/c15-9-14(17)16-12-3-1-2-11(8-12)10-19-13-4-6-18-7-5-13;/h1-3,8,13H,4-7,9-10,15H2,(H,16,17);1H. The number of hydrogen-bond donors (Lipinski definition) is 2. The van der Waals surface area contributed by atoms with Gasteiger partial charge in [-0.15, -0.1) is 12.4 Å². The Morgan fingerprint density at radius 1 is 1.40 bits per heavy atom. The Morgan fingerprint density at radius 2 is 2.15 bits per heavy atom. The van der Waals surface area contributed by atoms with Gasteiger partial charge in [-0.3, -0.25) is 4.79 Å². The highest BCUT2D eigenvalue weighted by Crippen LogP contribution is 2.26. The van der Waals surface area contributed by atoms with Gasteiger partial charge in [0.15, 0.2) is 0 Å². The van der Waals surface area contributed by atoms with Crippen LogP contribution >= 0.6 is 24.2 Å². The molecule has 3 N–H and O–H groups in total. The van der Waals surface area contributed by atoms with Crippen LogP contribution < -0.4 is 11.1 Å². The predicted molar refractivity (Wildman–Crippen MR) is 86.5 cm³/mol. The lowest BCUT2D eigenvalue weighted by Crippen LogP contribution is -2.21. The second kappa shape index (κ2) is 9.23. The molecule has 1 amide bonds. The zero-order valence-electron chi connectivity index (χ0n) is 11.3. The molecule has 1 fully saturated rings. The van der Waals surface area contributed by atoms with E-state index in [-0.39, 0.29) is 24.9 Å². The van der Waals surface area contributed by atoms with E-state index in [1.165, 1.54) is 5.56 Å². The fourth-order valence-electron chi connectivity index (χ4n) is 2.01. The molecule has 6 heteroatoms. The highest BCUT2D eigenvalue weighted by atomic mass is 35.5. The van der Waals surface area contributed by atoms with Crippen LogP contribution in [0.25, 0.3) is 0 Å². The number of thioether (sulfide) groups is 1. The van der Waals surface area contributed by atoms with Crippen LogP contribution in [0.2, 0.25) is 0 Å². The summed E-state index contributed by atoms with van der Waals surface area (Å²) in [5.74, 6) is 0.811. The Hall–Kier alpha value is -0.750. The molecule has 1 aromatic rings. The van der Waals surface area contributed by atoms with Gasteiger partial charge >= 0.3 is 0 Å². The highest BCUT2D eigenvalue weighted by molar-refractivity contribution is 7.99. The first kappa shape index (κ1) is 17.3. The summed E-state index contributed by atoms with van der Waals surface area (Å²) in [4.78, 5) is 11.2. The number of rotatable bonds is 5. The van der Waals surface area contributed by atoms with Crippen molar-refractivity contribution in [2.24, 2.45) is 5.73 Å². The van der Waals surface area contributed by atoms with Crippen LogP contribution in [0.1, 0.15) is 18.4 Å². The number of amides is 1. The average molecular weight is 317 g/mol. The van der Waals surface area contributed by atoms with Gasteiger partial charge in [-0.1, -0.05) is 12.1 Å². The quantitative estimate of drug-likeness (QED) is 0.875. The molecular weight excluding hydrogens is 296 g/mol. The van der Waals surface area contributed by atoms with Crippen LogP contribution in [0.4, 0.5) is 5.69 Å². The van der Waals surface area contributed by atoms with Crippen molar-refractivity contribution in [1.29, 1.82) is 0 Å². The zero-order chi connectivity index (χ0) is 13.5. The topological polar surface area (TPSA) is 64.4 Å². The van der Waals surface area contributed by atoms with Crippen molar-refractivity contribution in [3.8, 4) is 0 Å². The molecule has 1 aliphatic rings. The zero-order valence-corrected chi connectivity index (χ0v) is 13.0. The number of nitrogens with one attached hydrogen (secondary N) is 1. The molecular formula is C14H21ClN2O2S. The maximum Gasteiger partial charge on any atom is 0.238 e. The van der Waals surface area contributed by atoms with E-state index in [0.717, 1.165) is 37.5 Å². The largest absolute Gasteiger partial charge is 0.381 e. The Bertz CT molecular complexity index is 425. The van der Waals surface area contributed by atoms with Gasteiger partial charge in [0.05, 0.1) is 6.54 Å². The first-order chi connectivity index (χ1) is 9.28. The van der Waals surface area contributed by atoms with Gasteiger partial charge in [-0.25, -0.2) is 0 Å². The van der Waals surface area contributed by atoms with Crippen molar-refractivity contribution in [2.75, 3.05) is 25.1 Å². The van der Waals surface area contributed by atoms with E-state index >= 15 is 0 Å². The summed E-state index contributed by atoms with van der Waals surface area (Å²) in [6, 6.07) is 7.95.